The summed E-state index contributed by atoms with van der Waals surface area (Å²) in [5, 5.41) is 12.7. The monoisotopic (exact) mass is 202 g/mol. The minimum absolute atomic E-state index is 0.290. The molecule has 3 atom stereocenters. The van der Waals surface area contributed by atoms with E-state index in [4.69, 9.17) is 5.26 Å². The molecule has 0 radical (unpaired) electrons. The van der Waals surface area contributed by atoms with Gasteiger partial charge >= 0.3 is 0 Å². The van der Waals surface area contributed by atoms with E-state index in [1.165, 1.54) is 25.7 Å². The summed E-state index contributed by atoms with van der Waals surface area (Å²) in [6.07, 6.45) is 7.29. The number of rotatable bonds is 2. The summed E-state index contributed by atoms with van der Waals surface area (Å²) in [5.41, 5.74) is 0. The van der Waals surface area contributed by atoms with E-state index in [1.807, 2.05) is 10.8 Å². The molecule has 0 N–H and O–H groups in total. The molecule has 2 fully saturated rings. The van der Waals surface area contributed by atoms with Gasteiger partial charge in [0, 0.05) is 6.54 Å². The van der Waals surface area contributed by atoms with Crippen molar-refractivity contribution in [3.8, 4) is 6.07 Å². The molecular formula is C11H14N4. The van der Waals surface area contributed by atoms with Crippen LogP contribution in [0.2, 0.25) is 0 Å². The van der Waals surface area contributed by atoms with Crippen molar-refractivity contribution in [2.45, 2.75) is 32.2 Å². The molecule has 0 saturated heterocycles. The second kappa shape index (κ2) is 3.34. The summed E-state index contributed by atoms with van der Waals surface area (Å²) >= 11 is 0. The van der Waals surface area contributed by atoms with Gasteiger partial charge in [0.15, 0.2) is 0 Å². The highest BCUT2D eigenvalue weighted by molar-refractivity contribution is 5.05. The zero-order valence-electron chi connectivity index (χ0n) is 8.63. The van der Waals surface area contributed by atoms with Gasteiger partial charge in [0.2, 0.25) is 0 Å². The molecule has 0 spiro atoms. The number of nitrogens with zero attached hydrogens (tertiary/aromatic N) is 4. The summed E-state index contributed by atoms with van der Waals surface area (Å²) in [6.45, 7) is 0.954. The molecular weight excluding hydrogens is 188 g/mol. The van der Waals surface area contributed by atoms with Gasteiger partial charge in [-0.05, 0) is 37.0 Å². The van der Waals surface area contributed by atoms with Crippen molar-refractivity contribution in [3.63, 3.8) is 0 Å². The van der Waals surface area contributed by atoms with E-state index in [0.717, 1.165) is 24.3 Å². The van der Waals surface area contributed by atoms with Crippen molar-refractivity contribution in [1.82, 2.24) is 14.8 Å². The molecule has 4 heteroatoms. The molecule has 2 aliphatic rings. The lowest BCUT2D eigenvalue weighted by Gasteiger charge is -2.20. The Labute approximate surface area is 88.9 Å². The van der Waals surface area contributed by atoms with Crippen LogP contribution >= 0.6 is 0 Å². The molecule has 3 rings (SSSR count). The number of hydrogen-bond donors (Lipinski definition) is 0. The highest BCUT2D eigenvalue weighted by atomic mass is 15.3. The minimum Gasteiger partial charge on any atom is -0.251 e. The molecule has 0 aromatic carbocycles. The first-order valence-corrected chi connectivity index (χ1v) is 5.64. The maximum atomic E-state index is 8.63. The lowest BCUT2D eigenvalue weighted by atomic mass is 9.89. The number of hydrogen-bond acceptors (Lipinski definition) is 3. The van der Waals surface area contributed by atoms with Gasteiger partial charge in [0.05, 0.1) is 0 Å². The summed E-state index contributed by atoms with van der Waals surface area (Å²) < 4.78 is 1.84. The van der Waals surface area contributed by atoms with Crippen LogP contribution in [0, 0.1) is 29.1 Å². The largest absolute Gasteiger partial charge is 0.252 e. The fourth-order valence-corrected chi connectivity index (χ4v) is 3.27. The maximum absolute atomic E-state index is 8.63. The van der Waals surface area contributed by atoms with Crippen molar-refractivity contribution < 1.29 is 0 Å². The number of nitriles is 1. The molecule has 0 amide bonds. The van der Waals surface area contributed by atoms with Crippen LogP contribution in [0.3, 0.4) is 0 Å². The Morgan fingerprint density at radius 3 is 3.00 bits per heavy atom. The van der Waals surface area contributed by atoms with E-state index >= 15 is 0 Å². The van der Waals surface area contributed by atoms with Crippen molar-refractivity contribution in [1.29, 1.82) is 5.26 Å². The SMILES string of the molecule is N#Cc1ncn(CC2CC3CCC2C3)n1. The Morgan fingerprint density at radius 1 is 1.47 bits per heavy atom. The molecule has 1 heterocycles. The van der Waals surface area contributed by atoms with Crippen LogP contribution in [-0.4, -0.2) is 14.8 Å². The Kier molecular flexibility index (Phi) is 1.98. The van der Waals surface area contributed by atoms with Crippen molar-refractivity contribution in [2.75, 3.05) is 0 Å². The van der Waals surface area contributed by atoms with Gasteiger partial charge in [-0.3, -0.25) is 4.68 Å². The molecule has 2 saturated carbocycles. The lowest BCUT2D eigenvalue weighted by Crippen LogP contribution is -2.17. The summed E-state index contributed by atoms with van der Waals surface area (Å²) in [7, 11) is 0. The van der Waals surface area contributed by atoms with E-state index in [1.54, 1.807) is 6.33 Å². The molecule has 4 nitrogen and oxygen atoms in total. The molecule has 15 heavy (non-hydrogen) atoms. The third-order valence-electron chi connectivity index (χ3n) is 3.94. The average molecular weight is 202 g/mol. The van der Waals surface area contributed by atoms with E-state index in [9.17, 15) is 0 Å². The zero-order chi connectivity index (χ0) is 10.3. The Morgan fingerprint density at radius 2 is 2.40 bits per heavy atom. The predicted molar refractivity (Wildman–Crippen MR) is 53.7 cm³/mol. The molecule has 2 aliphatic carbocycles. The quantitative estimate of drug-likeness (QED) is 0.731. The third-order valence-corrected chi connectivity index (χ3v) is 3.94. The molecule has 2 bridgehead atoms. The standard InChI is InChI=1S/C11H14N4/c12-5-11-13-7-15(14-11)6-10-4-8-1-2-9(10)3-8/h7-10H,1-4,6H2. The van der Waals surface area contributed by atoms with Crippen molar-refractivity contribution >= 4 is 0 Å². The van der Waals surface area contributed by atoms with Crippen molar-refractivity contribution in [3.05, 3.63) is 12.2 Å². The Bertz CT molecular complexity index is 403. The van der Waals surface area contributed by atoms with Gasteiger partial charge in [0.25, 0.3) is 5.82 Å². The van der Waals surface area contributed by atoms with Gasteiger partial charge in [-0.25, -0.2) is 4.98 Å². The normalized spacial score (nSPS) is 33.1. The third kappa shape index (κ3) is 1.52. The maximum Gasteiger partial charge on any atom is 0.252 e. The summed E-state index contributed by atoms with van der Waals surface area (Å²) in [6, 6.07) is 1.96. The molecule has 78 valence electrons. The van der Waals surface area contributed by atoms with E-state index < -0.39 is 0 Å². The first-order chi connectivity index (χ1) is 7.35. The van der Waals surface area contributed by atoms with Gasteiger partial charge < -0.3 is 0 Å². The molecule has 3 unspecified atom stereocenters. The molecule has 1 aromatic rings. The second-order valence-electron chi connectivity index (χ2n) is 4.84. The fraction of sp³-hybridized carbons (Fsp3) is 0.727. The van der Waals surface area contributed by atoms with Crippen LogP contribution < -0.4 is 0 Å². The van der Waals surface area contributed by atoms with E-state index in [-0.39, 0.29) is 5.82 Å². The predicted octanol–water partition coefficient (Wildman–Crippen LogP) is 1.59. The van der Waals surface area contributed by atoms with E-state index in [2.05, 4.69) is 10.1 Å². The Hall–Kier alpha value is -1.37. The zero-order valence-corrected chi connectivity index (χ0v) is 8.63. The topological polar surface area (TPSA) is 54.5 Å². The summed E-state index contributed by atoms with van der Waals surface area (Å²) in [5.74, 6) is 2.94. The molecule has 0 aliphatic heterocycles. The van der Waals surface area contributed by atoms with Crippen LogP contribution in [0.15, 0.2) is 6.33 Å². The first kappa shape index (κ1) is 8.90. The fourth-order valence-electron chi connectivity index (χ4n) is 3.27. The molecule has 1 aromatic heterocycles. The summed E-state index contributed by atoms with van der Waals surface area (Å²) in [4.78, 5) is 3.93. The van der Waals surface area contributed by atoms with Gasteiger partial charge in [0.1, 0.15) is 12.4 Å². The minimum atomic E-state index is 0.290. The van der Waals surface area contributed by atoms with Gasteiger partial charge in [-0.2, -0.15) is 5.26 Å². The van der Waals surface area contributed by atoms with Crippen LogP contribution in [0.1, 0.15) is 31.5 Å². The highest BCUT2D eigenvalue weighted by Gasteiger charge is 2.39. The number of fused-ring (bicyclic) bond motifs is 2. The van der Waals surface area contributed by atoms with Crippen molar-refractivity contribution in [2.24, 2.45) is 17.8 Å². The van der Waals surface area contributed by atoms with E-state index in [0.29, 0.717) is 0 Å². The highest BCUT2D eigenvalue weighted by Crippen LogP contribution is 2.48. The van der Waals surface area contributed by atoms with Crippen LogP contribution in [-0.2, 0) is 6.54 Å². The smallest absolute Gasteiger partial charge is 0.251 e. The Balaban J connectivity index is 1.68. The van der Waals surface area contributed by atoms with Gasteiger partial charge in [-0.1, -0.05) is 6.42 Å². The first-order valence-electron chi connectivity index (χ1n) is 5.64. The lowest BCUT2D eigenvalue weighted by molar-refractivity contribution is 0.285. The van der Waals surface area contributed by atoms with Crippen LogP contribution in [0.5, 0.6) is 0 Å². The van der Waals surface area contributed by atoms with Crippen LogP contribution in [0.25, 0.3) is 0 Å². The average Bonchev–Trinajstić information content (AvgIpc) is 2.92. The number of aromatic nitrogens is 3. The van der Waals surface area contributed by atoms with Crippen LogP contribution in [0.4, 0.5) is 0 Å². The van der Waals surface area contributed by atoms with Gasteiger partial charge in [-0.15, -0.1) is 5.10 Å². The second-order valence-corrected chi connectivity index (χ2v) is 4.84.